The average molecular weight is 184 g/mol. The lowest BCUT2D eigenvalue weighted by Gasteiger charge is -2.36. The molecule has 0 spiro atoms. The third-order valence-electron chi connectivity index (χ3n) is 3.22. The molecular weight excluding hydrogens is 160 g/mol. The van der Waals surface area contributed by atoms with Gasteiger partial charge in [0.1, 0.15) is 0 Å². The van der Waals surface area contributed by atoms with Gasteiger partial charge in [-0.2, -0.15) is 0 Å². The van der Waals surface area contributed by atoms with E-state index in [0.717, 1.165) is 11.8 Å². The maximum Gasteiger partial charge on any atom is 0.0127 e. The number of hydrogen-bond donors (Lipinski definition) is 1. The van der Waals surface area contributed by atoms with Crippen LogP contribution in [-0.4, -0.2) is 38.1 Å². The molecule has 0 bridgehead atoms. The van der Waals surface area contributed by atoms with E-state index in [1.54, 1.807) is 0 Å². The molecule has 1 fully saturated rings. The minimum absolute atomic E-state index is 0.697. The van der Waals surface area contributed by atoms with Gasteiger partial charge in [0.25, 0.3) is 0 Å². The van der Waals surface area contributed by atoms with Crippen LogP contribution in [0.4, 0.5) is 0 Å². The topological polar surface area (TPSA) is 15.3 Å². The van der Waals surface area contributed by atoms with Crippen molar-refractivity contribution < 1.29 is 0 Å². The second-order valence-corrected chi connectivity index (χ2v) is 4.72. The molecule has 1 rings (SSSR count). The summed E-state index contributed by atoms with van der Waals surface area (Å²) in [6, 6.07) is 0.697. The first-order chi connectivity index (χ1) is 6.15. The second-order valence-electron chi connectivity index (χ2n) is 4.72. The van der Waals surface area contributed by atoms with E-state index in [-0.39, 0.29) is 0 Å². The fourth-order valence-electron chi connectivity index (χ4n) is 2.61. The summed E-state index contributed by atoms with van der Waals surface area (Å²) in [5.41, 5.74) is 0. The summed E-state index contributed by atoms with van der Waals surface area (Å²) >= 11 is 0. The van der Waals surface area contributed by atoms with E-state index in [9.17, 15) is 0 Å². The summed E-state index contributed by atoms with van der Waals surface area (Å²) in [7, 11) is 4.33. The lowest BCUT2D eigenvalue weighted by molar-refractivity contribution is 0.156. The Morgan fingerprint density at radius 3 is 2.54 bits per heavy atom. The van der Waals surface area contributed by atoms with E-state index in [0.29, 0.717) is 6.04 Å². The largest absolute Gasteiger partial charge is 0.316 e. The van der Waals surface area contributed by atoms with Crippen molar-refractivity contribution in [3.05, 3.63) is 0 Å². The number of nitrogens with one attached hydrogen (secondary N) is 1. The highest BCUT2D eigenvalue weighted by Crippen LogP contribution is 2.22. The third kappa shape index (κ3) is 2.96. The minimum atomic E-state index is 0.697. The summed E-state index contributed by atoms with van der Waals surface area (Å²) < 4.78 is 0. The first-order valence-electron chi connectivity index (χ1n) is 5.51. The van der Waals surface area contributed by atoms with Crippen molar-refractivity contribution in [2.45, 2.75) is 32.7 Å². The number of hydrogen-bond acceptors (Lipinski definition) is 2. The molecule has 1 heterocycles. The van der Waals surface area contributed by atoms with E-state index in [2.05, 4.69) is 38.2 Å². The quantitative estimate of drug-likeness (QED) is 0.716. The number of rotatable bonds is 3. The molecule has 2 heteroatoms. The van der Waals surface area contributed by atoms with E-state index < -0.39 is 0 Å². The van der Waals surface area contributed by atoms with Crippen molar-refractivity contribution >= 4 is 0 Å². The van der Waals surface area contributed by atoms with Crippen LogP contribution in [0.2, 0.25) is 0 Å². The normalized spacial score (nSPS) is 27.9. The molecule has 1 aliphatic rings. The van der Waals surface area contributed by atoms with Crippen LogP contribution in [0, 0.1) is 11.8 Å². The molecule has 1 N–H and O–H groups in total. The zero-order chi connectivity index (χ0) is 9.84. The van der Waals surface area contributed by atoms with Crippen molar-refractivity contribution in [3.63, 3.8) is 0 Å². The maximum absolute atomic E-state index is 3.47. The molecule has 0 saturated carbocycles. The lowest BCUT2D eigenvalue weighted by Crippen LogP contribution is -2.45. The number of likely N-dealkylation sites (tertiary alicyclic amines) is 1. The SMILES string of the molecule is CNC(C(C)C)C1CCCN(C)C1. The van der Waals surface area contributed by atoms with Gasteiger partial charge in [-0.05, 0) is 45.3 Å². The molecule has 0 amide bonds. The van der Waals surface area contributed by atoms with Crippen LogP contribution in [0.5, 0.6) is 0 Å². The van der Waals surface area contributed by atoms with Gasteiger partial charge in [-0.1, -0.05) is 13.8 Å². The minimum Gasteiger partial charge on any atom is -0.316 e. The smallest absolute Gasteiger partial charge is 0.0127 e. The van der Waals surface area contributed by atoms with Gasteiger partial charge in [0.05, 0.1) is 0 Å². The van der Waals surface area contributed by atoms with Crippen LogP contribution in [0.1, 0.15) is 26.7 Å². The van der Waals surface area contributed by atoms with Crippen molar-refractivity contribution in [2.24, 2.45) is 11.8 Å². The summed E-state index contributed by atoms with van der Waals surface area (Å²) in [4.78, 5) is 2.46. The van der Waals surface area contributed by atoms with Crippen LogP contribution < -0.4 is 5.32 Å². The van der Waals surface area contributed by atoms with E-state index >= 15 is 0 Å². The Balaban J connectivity index is 2.47. The van der Waals surface area contributed by atoms with Crippen molar-refractivity contribution in [2.75, 3.05) is 27.2 Å². The van der Waals surface area contributed by atoms with Gasteiger partial charge >= 0.3 is 0 Å². The van der Waals surface area contributed by atoms with Gasteiger partial charge in [-0.3, -0.25) is 0 Å². The fourth-order valence-corrected chi connectivity index (χ4v) is 2.61. The van der Waals surface area contributed by atoms with Crippen LogP contribution >= 0.6 is 0 Å². The van der Waals surface area contributed by atoms with E-state index in [4.69, 9.17) is 0 Å². The Kier molecular flexibility index (Phi) is 4.20. The Hall–Kier alpha value is -0.0800. The molecule has 0 radical (unpaired) electrons. The molecule has 78 valence electrons. The Labute approximate surface area is 82.7 Å². The molecule has 2 nitrogen and oxygen atoms in total. The van der Waals surface area contributed by atoms with Gasteiger partial charge in [0.15, 0.2) is 0 Å². The molecule has 0 aromatic rings. The predicted octanol–water partition coefficient (Wildman–Crippen LogP) is 1.57. The van der Waals surface area contributed by atoms with Crippen LogP contribution in [-0.2, 0) is 0 Å². The number of piperidine rings is 1. The summed E-state index contributed by atoms with van der Waals surface area (Å²) in [6.45, 7) is 7.18. The van der Waals surface area contributed by atoms with E-state index in [1.165, 1.54) is 25.9 Å². The van der Waals surface area contributed by atoms with Crippen LogP contribution in [0.3, 0.4) is 0 Å². The van der Waals surface area contributed by atoms with Gasteiger partial charge in [0, 0.05) is 12.6 Å². The third-order valence-corrected chi connectivity index (χ3v) is 3.22. The average Bonchev–Trinajstić information content (AvgIpc) is 2.04. The lowest BCUT2D eigenvalue weighted by atomic mass is 9.85. The molecule has 1 saturated heterocycles. The van der Waals surface area contributed by atoms with Gasteiger partial charge in [-0.15, -0.1) is 0 Å². The van der Waals surface area contributed by atoms with Crippen molar-refractivity contribution in [1.29, 1.82) is 0 Å². The maximum atomic E-state index is 3.47. The highest BCUT2D eigenvalue weighted by atomic mass is 15.1. The standard InChI is InChI=1S/C11H24N2/c1-9(2)11(12-3)10-6-5-7-13(4)8-10/h9-12H,5-8H2,1-4H3. The highest BCUT2D eigenvalue weighted by Gasteiger charge is 2.26. The van der Waals surface area contributed by atoms with Crippen molar-refractivity contribution in [3.8, 4) is 0 Å². The highest BCUT2D eigenvalue weighted by molar-refractivity contribution is 4.82. The molecule has 1 aliphatic heterocycles. The summed E-state index contributed by atoms with van der Waals surface area (Å²) in [6.07, 6.45) is 2.76. The predicted molar refractivity (Wildman–Crippen MR) is 57.9 cm³/mol. The second kappa shape index (κ2) is 4.97. The molecule has 2 atom stereocenters. The Bertz CT molecular complexity index is 145. The fraction of sp³-hybridized carbons (Fsp3) is 1.00. The molecule has 2 unspecified atom stereocenters. The van der Waals surface area contributed by atoms with E-state index in [1.807, 2.05) is 0 Å². The van der Waals surface area contributed by atoms with Gasteiger partial charge in [-0.25, -0.2) is 0 Å². The first kappa shape index (κ1) is 11.0. The Morgan fingerprint density at radius 1 is 1.38 bits per heavy atom. The summed E-state index contributed by atoms with van der Waals surface area (Å²) in [5, 5.41) is 3.47. The Morgan fingerprint density at radius 2 is 2.08 bits per heavy atom. The molecule has 0 aromatic carbocycles. The van der Waals surface area contributed by atoms with Crippen LogP contribution in [0.25, 0.3) is 0 Å². The van der Waals surface area contributed by atoms with Crippen molar-refractivity contribution in [1.82, 2.24) is 10.2 Å². The van der Waals surface area contributed by atoms with Crippen LogP contribution in [0.15, 0.2) is 0 Å². The molecule has 0 aromatic heterocycles. The zero-order valence-corrected chi connectivity index (χ0v) is 9.51. The number of nitrogens with zero attached hydrogens (tertiary/aromatic N) is 1. The summed E-state index contributed by atoms with van der Waals surface area (Å²) in [5.74, 6) is 1.60. The van der Waals surface area contributed by atoms with Gasteiger partial charge in [0.2, 0.25) is 0 Å². The molecule has 13 heavy (non-hydrogen) atoms. The molecular formula is C11H24N2. The molecule has 0 aliphatic carbocycles. The zero-order valence-electron chi connectivity index (χ0n) is 9.51. The van der Waals surface area contributed by atoms with Gasteiger partial charge < -0.3 is 10.2 Å². The first-order valence-corrected chi connectivity index (χ1v) is 5.51. The monoisotopic (exact) mass is 184 g/mol.